The van der Waals surface area contributed by atoms with Crippen molar-refractivity contribution in [2.24, 2.45) is 0 Å². The molecule has 9 heteroatoms. The van der Waals surface area contributed by atoms with Crippen LogP contribution < -0.4 is 4.90 Å². The number of pyridine rings is 1. The number of aromatic amines is 1. The van der Waals surface area contributed by atoms with Gasteiger partial charge in [0.25, 0.3) is 0 Å². The molecule has 1 N–H and O–H groups in total. The van der Waals surface area contributed by atoms with Crippen molar-refractivity contribution >= 4 is 44.3 Å². The molecule has 1 amide bonds. The zero-order chi connectivity index (χ0) is 22.4. The summed E-state index contributed by atoms with van der Waals surface area (Å²) < 4.78 is 1.96. The molecule has 4 aromatic heterocycles. The van der Waals surface area contributed by atoms with Gasteiger partial charge in [0.05, 0.1) is 16.5 Å². The Kier molecular flexibility index (Phi) is 4.83. The van der Waals surface area contributed by atoms with Crippen molar-refractivity contribution in [2.75, 3.05) is 31.1 Å². The number of thiazole rings is 1. The van der Waals surface area contributed by atoms with Crippen LogP contribution in [0.4, 0.5) is 5.00 Å². The van der Waals surface area contributed by atoms with E-state index in [1.807, 2.05) is 57.6 Å². The Morgan fingerprint density at radius 1 is 1.09 bits per heavy atom. The number of rotatable bonds is 4. The number of hydrogen-bond donors (Lipinski definition) is 1. The lowest BCUT2D eigenvalue weighted by Crippen LogP contribution is -2.49. The summed E-state index contributed by atoms with van der Waals surface area (Å²) in [5.74, 6) is 0.910. The molecular formula is C24H23N7OS. The number of aromatic nitrogens is 5. The second-order valence-corrected chi connectivity index (χ2v) is 9.12. The summed E-state index contributed by atoms with van der Waals surface area (Å²) >= 11 is 1.62. The molecular weight excluding hydrogens is 434 g/mol. The number of hydrogen-bond acceptors (Lipinski definition) is 6. The molecule has 166 valence electrons. The molecule has 0 atom stereocenters. The lowest BCUT2D eigenvalue weighted by molar-refractivity contribution is -0.132. The van der Waals surface area contributed by atoms with Gasteiger partial charge in [0, 0.05) is 44.0 Å². The minimum Gasteiger partial charge on any atom is -0.358 e. The maximum absolute atomic E-state index is 13.0. The van der Waals surface area contributed by atoms with Crippen LogP contribution in [0.15, 0.2) is 54.3 Å². The average molecular weight is 458 g/mol. The number of nitrogens with zero attached hydrogens (tertiary/aromatic N) is 6. The number of para-hydroxylation sites is 2. The predicted octanol–water partition coefficient (Wildman–Crippen LogP) is 3.69. The van der Waals surface area contributed by atoms with Crippen molar-refractivity contribution in [3.63, 3.8) is 0 Å². The normalized spacial score (nSPS) is 14.5. The Balaban J connectivity index is 1.16. The second kappa shape index (κ2) is 8.00. The first-order valence-corrected chi connectivity index (χ1v) is 11.9. The number of aryl methyl sites for hydroxylation is 1. The largest absolute Gasteiger partial charge is 0.358 e. The standard InChI is InChI=1S/C24H23N7OS/c1-16-13-31(23-17(16)5-4-8-25-23)14-20(32)29-9-11-30(12-10-29)24-21(26-15-33-24)22-27-18-6-2-3-7-19(18)28-22/h2-8,13,15H,9-12,14H2,1H3,(H,27,28). The van der Waals surface area contributed by atoms with Gasteiger partial charge in [-0.15, -0.1) is 11.3 Å². The SMILES string of the molecule is Cc1cn(CC(=O)N2CCN(c3scnc3-c3nc4ccccc4[nH]3)CC2)c2ncccc12. The molecule has 33 heavy (non-hydrogen) atoms. The molecule has 0 saturated carbocycles. The highest BCUT2D eigenvalue weighted by Crippen LogP contribution is 2.33. The van der Waals surface area contributed by atoms with Crippen LogP contribution in [0, 0.1) is 6.92 Å². The molecule has 1 aromatic carbocycles. The van der Waals surface area contributed by atoms with Gasteiger partial charge in [0.1, 0.15) is 22.9 Å². The number of carbonyl (C=O) groups excluding carboxylic acids is 1. The van der Waals surface area contributed by atoms with E-state index in [1.165, 1.54) is 0 Å². The minimum absolute atomic E-state index is 0.124. The van der Waals surface area contributed by atoms with Gasteiger partial charge < -0.3 is 19.4 Å². The van der Waals surface area contributed by atoms with Crippen molar-refractivity contribution in [1.82, 2.24) is 29.4 Å². The van der Waals surface area contributed by atoms with Crippen molar-refractivity contribution in [2.45, 2.75) is 13.5 Å². The van der Waals surface area contributed by atoms with Crippen molar-refractivity contribution in [3.8, 4) is 11.5 Å². The first-order chi connectivity index (χ1) is 16.2. The van der Waals surface area contributed by atoms with Gasteiger partial charge in [-0.1, -0.05) is 12.1 Å². The molecule has 1 saturated heterocycles. The molecule has 1 aliphatic rings. The van der Waals surface area contributed by atoms with Crippen LogP contribution >= 0.6 is 11.3 Å². The molecule has 0 bridgehead atoms. The van der Waals surface area contributed by atoms with Crippen molar-refractivity contribution in [3.05, 3.63) is 59.9 Å². The number of anilines is 1. The van der Waals surface area contributed by atoms with Crippen molar-refractivity contribution in [1.29, 1.82) is 0 Å². The Labute approximate surface area is 194 Å². The first kappa shape index (κ1) is 19.9. The number of amides is 1. The summed E-state index contributed by atoms with van der Waals surface area (Å²) in [5, 5.41) is 2.19. The number of H-pyrrole nitrogens is 1. The van der Waals surface area contributed by atoms with Gasteiger partial charge >= 0.3 is 0 Å². The molecule has 5 aromatic rings. The highest BCUT2D eigenvalue weighted by Gasteiger charge is 2.25. The van der Waals surface area contributed by atoms with Crippen molar-refractivity contribution < 1.29 is 4.79 Å². The third-order valence-electron chi connectivity index (χ3n) is 6.22. The molecule has 1 fully saturated rings. The molecule has 5 heterocycles. The fourth-order valence-electron chi connectivity index (χ4n) is 4.51. The third-order valence-corrected chi connectivity index (χ3v) is 7.11. The number of nitrogens with one attached hydrogen (secondary N) is 1. The monoisotopic (exact) mass is 457 g/mol. The summed E-state index contributed by atoms with van der Waals surface area (Å²) in [7, 11) is 0. The van der Waals surface area contributed by atoms with Crippen LogP contribution in [0.5, 0.6) is 0 Å². The maximum Gasteiger partial charge on any atom is 0.242 e. The zero-order valence-electron chi connectivity index (χ0n) is 18.2. The maximum atomic E-state index is 13.0. The molecule has 6 rings (SSSR count). The number of carbonyl (C=O) groups is 1. The molecule has 0 aliphatic carbocycles. The van der Waals surface area contributed by atoms with E-state index in [1.54, 1.807) is 17.5 Å². The van der Waals surface area contributed by atoms with E-state index in [0.29, 0.717) is 19.6 Å². The van der Waals surface area contributed by atoms with E-state index < -0.39 is 0 Å². The lowest BCUT2D eigenvalue weighted by Gasteiger charge is -2.35. The fraction of sp³-hybridized carbons (Fsp3) is 0.250. The molecule has 8 nitrogen and oxygen atoms in total. The van der Waals surface area contributed by atoms with Crippen LogP contribution in [0.3, 0.4) is 0 Å². The number of piperazine rings is 1. The second-order valence-electron chi connectivity index (χ2n) is 8.29. The number of fused-ring (bicyclic) bond motifs is 2. The summed E-state index contributed by atoms with van der Waals surface area (Å²) in [6.07, 6.45) is 3.79. The molecule has 1 aliphatic heterocycles. The highest BCUT2D eigenvalue weighted by atomic mass is 32.1. The minimum atomic E-state index is 0.124. The van der Waals surface area contributed by atoms with Crippen LogP contribution in [0.25, 0.3) is 33.6 Å². The average Bonchev–Trinajstić information content (AvgIpc) is 3.57. The Morgan fingerprint density at radius 3 is 2.79 bits per heavy atom. The molecule has 0 unspecified atom stereocenters. The Morgan fingerprint density at radius 2 is 1.94 bits per heavy atom. The van der Waals surface area contributed by atoms with E-state index in [2.05, 4.69) is 26.8 Å². The zero-order valence-corrected chi connectivity index (χ0v) is 19.0. The van der Waals surface area contributed by atoms with Gasteiger partial charge in [0.15, 0.2) is 5.82 Å². The van der Waals surface area contributed by atoms with E-state index in [4.69, 9.17) is 4.98 Å². The first-order valence-electron chi connectivity index (χ1n) is 11.0. The van der Waals surface area contributed by atoms with Crippen LogP contribution in [0.1, 0.15) is 5.56 Å². The third kappa shape index (κ3) is 3.54. The fourth-order valence-corrected chi connectivity index (χ4v) is 5.37. The topological polar surface area (TPSA) is 82.9 Å². The summed E-state index contributed by atoms with van der Waals surface area (Å²) in [5.41, 5.74) is 6.67. The number of benzene rings is 1. The smallest absolute Gasteiger partial charge is 0.242 e. The van der Waals surface area contributed by atoms with Crippen LogP contribution in [-0.2, 0) is 11.3 Å². The van der Waals surface area contributed by atoms with Crippen LogP contribution in [0.2, 0.25) is 0 Å². The Bertz CT molecular complexity index is 1430. The van der Waals surface area contributed by atoms with Gasteiger partial charge in [-0.2, -0.15) is 0 Å². The van der Waals surface area contributed by atoms with Crippen LogP contribution in [-0.4, -0.2) is 61.5 Å². The van der Waals surface area contributed by atoms with Gasteiger partial charge in [-0.3, -0.25) is 4.79 Å². The molecule has 0 radical (unpaired) electrons. The van der Waals surface area contributed by atoms with E-state index >= 15 is 0 Å². The number of imidazole rings is 1. The van der Waals surface area contributed by atoms with E-state index in [-0.39, 0.29) is 5.91 Å². The van der Waals surface area contributed by atoms with Gasteiger partial charge in [-0.25, -0.2) is 15.0 Å². The lowest BCUT2D eigenvalue weighted by atomic mass is 10.2. The predicted molar refractivity (Wildman–Crippen MR) is 130 cm³/mol. The summed E-state index contributed by atoms with van der Waals surface area (Å²) in [6.45, 7) is 5.27. The Hall–Kier alpha value is -3.72. The molecule has 0 spiro atoms. The quantitative estimate of drug-likeness (QED) is 0.445. The summed E-state index contributed by atoms with van der Waals surface area (Å²) in [4.78, 5) is 34.4. The van der Waals surface area contributed by atoms with Gasteiger partial charge in [-0.05, 0) is 36.8 Å². The van der Waals surface area contributed by atoms with E-state index in [0.717, 1.165) is 57.2 Å². The van der Waals surface area contributed by atoms with Gasteiger partial charge in [0.2, 0.25) is 5.91 Å². The summed E-state index contributed by atoms with van der Waals surface area (Å²) in [6, 6.07) is 12.0. The highest BCUT2D eigenvalue weighted by molar-refractivity contribution is 7.14. The van der Waals surface area contributed by atoms with E-state index in [9.17, 15) is 4.79 Å².